The molecule has 2 atom stereocenters. The van der Waals surface area contributed by atoms with E-state index in [1.54, 1.807) is 12.4 Å². The molecule has 1 aliphatic rings. The first-order valence-corrected chi connectivity index (χ1v) is 6.17. The Balaban J connectivity index is 2.12. The minimum atomic E-state index is 0.243. The predicted octanol–water partition coefficient (Wildman–Crippen LogP) is 3.40. The molecule has 2 nitrogen and oxygen atoms in total. The highest BCUT2D eigenvalue weighted by Gasteiger charge is 2.29. The van der Waals surface area contributed by atoms with E-state index >= 15 is 0 Å². The molecule has 16 heavy (non-hydrogen) atoms. The molecular formula is C14H19NO. The zero-order valence-corrected chi connectivity index (χ0v) is 10.1. The third-order valence-corrected chi connectivity index (χ3v) is 3.79. The number of carbonyl (C=O) groups is 1. The van der Waals surface area contributed by atoms with E-state index in [9.17, 15) is 4.79 Å². The van der Waals surface area contributed by atoms with Gasteiger partial charge in [0.15, 0.2) is 5.78 Å². The maximum Gasteiger partial charge on any atom is 0.167 e. The van der Waals surface area contributed by atoms with Gasteiger partial charge in [-0.05, 0) is 43.7 Å². The highest BCUT2D eigenvalue weighted by Crippen LogP contribution is 2.35. The van der Waals surface area contributed by atoms with Crippen LogP contribution < -0.4 is 0 Å². The number of pyridine rings is 1. The van der Waals surface area contributed by atoms with Crippen LogP contribution in [0.2, 0.25) is 0 Å². The zero-order chi connectivity index (χ0) is 11.5. The van der Waals surface area contributed by atoms with E-state index in [0.717, 1.165) is 29.9 Å². The van der Waals surface area contributed by atoms with Gasteiger partial charge in [0.2, 0.25) is 0 Å². The number of nitrogens with zero attached hydrogens (tertiary/aromatic N) is 1. The van der Waals surface area contributed by atoms with Gasteiger partial charge in [-0.3, -0.25) is 9.78 Å². The molecule has 0 bridgehead atoms. The molecular weight excluding hydrogens is 198 g/mol. The van der Waals surface area contributed by atoms with E-state index in [4.69, 9.17) is 0 Å². The number of carbonyl (C=O) groups excluding carboxylic acids is 1. The molecule has 0 radical (unpaired) electrons. The van der Waals surface area contributed by atoms with Gasteiger partial charge in [-0.15, -0.1) is 0 Å². The fourth-order valence-corrected chi connectivity index (χ4v) is 2.63. The van der Waals surface area contributed by atoms with Crippen LogP contribution >= 0.6 is 0 Å². The second-order valence-electron chi connectivity index (χ2n) is 4.84. The summed E-state index contributed by atoms with van der Waals surface area (Å²) in [5, 5.41) is 0. The number of Topliss-reactive ketones (excluding diaryl/α,β-unsaturated/α-hetero) is 1. The van der Waals surface area contributed by atoms with Crippen LogP contribution in [0.3, 0.4) is 0 Å². The average Bonchev–Trinajstić information content (AvgIpc) is 2.77. The van der Waals surface area contributed by atoms with Gasteiger partial charge in [0.1, 0.15) is 0 Å². The summed E-state index contributed by atoms with van der Waals surface area (Å²) in [5.74, 6) is 1.31. The maximum atomic E-state index is 12.3. The molecule has 0 aliphatic heterocycles. The summed E-state index contributed by atoms with van der Waals surface area (Å²) in [6.45, 7) is 4.20. The fourth-order valence-electron chi connectivity index (χ4n) is 2.63. The number of rotatable bonds is 3. The van der Waals surface area contributed by atoms with Gasteiger partial charge >= 0.3 is 0 Å². The van der Waals surface area contributed by atoms with Crippen molar-refractivity contribution >= 4 is 5.78 Å². The van der Waals surface area contributed by atoms with Crippen molar-refractivity contribution in [2.24, 2.45) is 11.8 Å². The van der Waals surface area contributed by atoms with Crippen LogP contribution in [0.1, 0.15) is 48.5 Å². The minimum absolute atomic E-state index is 0.243. The molecule has 2 unspecified atom stereocenters. The van der Waals surface area contributed by atoms with E-state index in [2.05, 4.69) is 11.9 Å². The van der Waals surface area contributed by atoms with Crippen LogP contribution in [0.5, 0.6) is 0 Å². The van der Waals surface area contributed by atoms with E-state index in [1.807, 2.05) is 13.0 Å². The first-order chi connectivity index (χ1) is 7.72. The molecule has 1 aromatic heterocycles. The molecule has 0 amide bonds. The van der Waals surface area contributed by atoms with Crippen LogP contribution in [0.15, 0.2) is 18.5 Å². The Morgan fingerprint density at radius 3 is 2.94 bits per heavy atom. The van der Waals surface area contributed by atoms with Gasteiger partial charge < -0.3 is 0 Å². The SMILES string of the molecule is CCC1CCC(C(=O)c2cnccc2C)C1. The Hall–Kier alpha value is -1.18. The van der Waals surface area contributed by atoms with Crippen molar-refractivity contribution in [1.29, 1.82) is 0 Å². The van der Waals surface area contributed by atoms with Gasteiger partial charge in [0, 0.05) is 23.9 Å². The molecule has 0 spiro atoms. The lowest BCUT2D eigenvalue weighted by atomic mass is 9.93. The molecule has 2 rings (SSSR count). The summed E-state index contributed by atoms with van der Waals surface area (Å²) in [5.41, 5.74) is 1.88. The minimum Gasteiger partial charge on any atom is -0.294 e. The molecule has 0 saturated heterocycles. The largest absolute Gasteiger partial charge is 0.294 e. The Labute approximate surface area is 97.1 Å². The summed E-state index contributed by atoms with van der Waals surface area (Å²) < 4.78 is 0. The molecule has 1 aliphatic carbocycles. The first kappa shape index (κ1) is 11.3. The standard InChI is InChI=1S/C14H19NO/c1-3-11-4-5-12(8-11)14(16)13-9-15-7-6-10(13)2/h6-7,9,11-12H,3-5,8H2,1-2H3. The number of aryl methyl sites for hydroxylation is 1. The number of hydrogen-bond donors (Lipinski definition) is 0. The van der Waals surface area contributed by atoms with Gasteiger partial charge in [0.25, 0.3) is 0 Å². The van der Waals surface area contributed by atoms with Crippen molar-refractivity contribution in [3.8, 4) is 0 Å². The van der Waals surface area contributed by atoms with Crippen LogP contribution in [0.25, 0.3) is 0 Å². The number of ketones is 1. The van der Waals surface area contributed by atoms with Crippen molar-refractivity contribution in [2.75, 3.05) is 0 Å². The second kappa shape index (κ2) is 4.77. The monoisotopic (exact) mass is 217 g/mol. The lowest BCUT2D eigenvalue weighted by Gasteiger charge is -2.10. The smallest absolute Gasteiger partial charge is 0.167 e. The van der Waals surface area contributed by atoms with E-state index in [0.29, 0.717) is 5.78 Å². The van der Waals surface area contributed by atoms with Crippen LogP contribution in [0.4, 0.5) is 0 Å². The van der Waals surface area contributed by atoms with Crippen LogP contribution in [0, 0.1) is 18.8 Å². The number of hydrogen-bond acceptors (Lipinski definition) is 2. The quantitative estimate of drug-likeness (QED) is 0.726. The molecule has 1 aromatic rings. The predicted molar refractivity (Wildman–Crippen MR) is 64.4 cm³/mol. The first-order valence-electron chi connectivity index (χ1n) is 6.17. The van der Waals surface area contributed by atoms with Gasteiger partial charge in [-0.1, -0.05) is 13.3 Å². The van der Waals surface area contributed by atoms with Crippen molar-refractivity contribution in [3.63, 3.8) is 0 Å². The molecule has 2 heteroatoms. The normalized spacial score (nSPS) is 24.6. The summed E-state index contributed by atoms with van der Waals surface area (Å²) in [6.07, 6.45) is 8.02. The summed E-state index contributed by atoms with van der Waals surface area (Å²) in [7, 11) is 0. The Morgan fingerprint density at radius 2 is 2.31 bits per heavy atom. The molecule has 1 saturated carbocycles. The Morgan fingerprint density at radius 1 is 1.50 bits per heavy atom. The van der Waals surface area contributed by atoms with Gasteiger partial charge in [-0.25, -0.2) is 0 Å². The van der Waals surface area contributed by atoms with E-state index < -0.39 is 0 Å². The summed E-state index contributed by atoms with van der Waals surface area (Å²) in [6, 6.07) is 1.92. The van der Waals surface area contributed by atoms with Crippen molar-refractivity contribution in [1.82, 2.24) is 4.98 Å². The zero-order valence-electron chi connectivity index (χ0n) is 10.1. The molecule has 1 fully saturated rings. The highest BCUT2D eigenvalue weighted by atomic mass is 16.1. The fraction of sp³-hybridized carbons (Fsp3) is 0.571. The topological polar surface area (TPSA) is 30.0 Å². The molecule has 86 valence electrons. The van der Waals surface area contributed by atoms with Crippen molar-refractivity contribution in [2.45, 2.75) is 39.5 Å². The van der Waals surface area contributed by atoms with Crippen molar-refractivity contribution < 1.29 is 4.79 Å². The van der Waals surface area contributed by atoms with Gasteiger partial charge in [-0.2, -0.15) is 0 Å². The number of aromatic nitrogens is 1. The third kappa shape index (κ3) is 2.16. The lowest BCUT2D eigenvalue weighted by Crippen LogP contribution is -2.13. The Bertz CT molecular complexity index is 386. The maximum absolute atomic E-state index is 12.3. The summed E-state index contributed by atoms with van der Waals surface area (Å²) >= 11 is 0. The molecule has 0 aromatic carbocycles. The Kier molecular flexibility index (Phi) is 3.37. The molecule has 0 N–H and O–H groups in total. The van der Waals surface area contributed by atoms with Crippen LogP contribution in [-0.2, 0) is 0 Å². The highest BCUT2D eigenvalue weighted by molar-refractivity contribution is 5.98. The second-order valence-corrected chi connectivity index (χ2v) is 4.84. The molecule has 1 heterocycles. The third-order valence-electron chi connectivity index (χ3n) is 3.79. The van der Waals surface area contributed by atoms with Crippen LogP contribution in [-0.4, -0.2) is 10.8 Å². The van der Waals surface area contributed by atoms with E-state index in [-0.39, 0.29) is 5.92 Å². The van der Waals surface area contributed by atoms with Crippen molar-refractivity contribution in [3.05, 3.63) is 29.6 Å². The van der Waals surface area contributed by atoms with E-state index in [1.165, 1.54) is 12.8 Å². The van der Waals surface area contributed by atoms with Gasteiger partial charge in [0.05, 0.1) is 0 Å². The lowest BCUT2D eigenvalue weighted by molar-refractivity contribution is 0.0919. The summed E-state index contributed by atoms with van der Waals surface area (Å²) in [4.78, 5) is 16.3. The average molecular weight is 217 g/mol.